The molecule has 0 saturated heterocycles. The van der Waals surface area contributed by atoms with Gasteiger partial charge >= 0.3 is 0 Å². The number of nitrogens with one attached hydrogen (secondary N) is 1. The lowest BCUT2D eigenvalue weighted by Gasteiger charge is -2.07. The molecule has 0 radical (unpaired) electrons. The summed E-state index contributed by atoms with van der Waals surface area (Å²) in [6.07, 6.45) is 7.57. The molecule has 2 aromatic heterocycles. The van der Waals surface area contributed by atoms with Gasteiger partial charge < -0.3 is 17.3 Å². The minimum Gasteiger partial charge on any atom is -0.383 e. The lowest BCUT2D eigenvalue weighted by atomic mass is 10.1. The van der Waals surface area contributed by atoms with Gasteiger partial charge in [0.25, 0.3) is 0 Å². The zero-order valence-electron chi connectivity index (χ0n) is 12.2. The van der Waals surface area contributed by atoms with Crippen LogP contribution in [0.5, 0.6) is 0 Å². The van der Waals surface area contributed by atoms with Crippen LogP contribution >= 0.6 is 0 Å². The number of fused-ring (bicyclic) bond motifs is 1. The zero-order chi connectivity index (χ0) is 13.1. The molecule has 0 fully saturated rings. The van der Waals surface area contributed by atoms with Crippen LogP contribution in [-0.2, 0) is 0 Å². The third-order valence-corrected chi connectivity index (χ3v) is 2.42. The molecule has 0 aliphatic heterocycles. The van der Waals surface area contributed by atoms with Gasteiger partial charge in [0.05, 0.1) is 11.3 Å². The molecule has 102 valence electrons. The molecular formula is C14H21N5. The lowest BCUT2D eigenvalue weighted by molar-refractivity contribution is -0.458. The monoisotopic (exact) mass is 259 g/mol. The van der Waals surface area contributed by atoms with E-state index in [4.69, 9.17) is 0 Å². The summed E-state index contributed by atoms with van der Waals surface area (Å²) in [4.78, 5) is 13.7. The molecule has 2 rings (SSSR count). The fraction of sp³-hybridized carbons (Fsp3) is 0.286. The quantitative estimate of drug-likeness (QED) is 0.518. The Morgan fingerprint density at radius 2 is 2.05 bits per heavy atom. The third kappa shape index (κ3) is 3.40. The number of aromatic nitrogens is 3. The van der Waals surface area contributed by atoms with E-state index in [0.29, 0.717) is 0 Å². The summed E-state index contributed by atoms with van der Waals surface area (Å²) >= 11 is 0. The maximum absolute atomic E-state index is 4.40. The normalized spacial score (nSPS) is 11.1. The molecule has 0 aromatic carbocycles. The smallest absolute Gasteiger partial charge is 0.173 e. The first-order valence-corrected chi connectivity index (χ1v) is 5.76. The van der Waals surface area contributed by atoms with Crippen molar-refractivity contribution in [1.29, 1.82) is 0 Å². The molecule has 2 aromatic rings. The summed E-state index contributed by atoms with van der Waals surface area (Å²) in [6, 6.07) is 2.00. The van der Waals surface area contributed by atoms with Crippen LogP contribution in [0.25, 0.3) is 16.6 Å². The molecular weight excluding hydrogens is 238 g/mol. The molecule has 0 amide bonds. The number of H-pyrrole nitrogens is 1. The maximum atomic E-state index is 4.40. The van der Waals surface area contributed by atoms with Gasteiger partial charge in [-0.05, 0) is 6.07 Å². The van der Waals surface area contributed by atoms with E-state index < -0.39 is 0 Å². The third-order valence-electron chi connectivity index (χ3n) is 2.42. The fourth-order valence-electron chi connectivity index (χ4n) is 1.81. The van der Waals surface area contributed by atoms with Crippen molar-refractivity contribution in [3.8, 4) is 0 Å². The van der Waals surface area contributed by atoms with Gasteiger partial charge in [-0.2, -0.15) is 0 Å². The van der Waals surface area contributed by atoms with E-state index in [2.05, 4.69) is 27.4 Å². The van der Waals surface area contributed by atoms with Gasteiger partial charge in [-0.1, -0.05) is 0 Å². The van der Waals surface area contributed by atoms with Crippen LogP contribution in [0, 0.1) is 7.43 Å². The Hall–Kier alpha value is -2.17. The maximum Gasteiger partial charge on any atom is 0.173 e. The van der Waals surface area contributed by atoms with Crippen LogP contribution in [0.1, 0.15) is 5.69 Å². The first-order valence-electron chi connectivity index (χ1n) is 5.76. The number of hydrogen-bond donors (Lipinski definition) is 1. The van der Waals surface area contributed by atoms with Crippen LogP contribution in [0.4, 0.5) is 0 Å². The van der Waals surface area contributed by atoms with Crippen molar-refractivity contribution < 1.29 is 4.58 Å². The minimum absolute atomic E-state index is 0. The van der Waals surface area contributed by atoms with Crippen molar-refractivity contribution in [2.75, 3.05) is 28.2 Å². The molecule has 0 atom stereocenters. The number of rotatable bonds is 3. The average molecular weight is 259 g/mol. The highest BCUT2D eigenvalue weighted by atomic mass is 15.0. The Balaban J connectivity index is 0.00000180. The zero-order valence-corrected chi connectivity index (χ0v) is 12.2. The predicted molar refractivity (Wildman–Crippen MR) is 80.1 cm³/mol. The van der Waals surface area contributed by atoms with Gasteiger partial charge in [0.1, 0.15) is 26.1 Å². The Labute approximate surface area is 114 Å². The Bertz CT molecular complexity index is 603. The number of nitrogens with zero attached hydrogens (tertiary/aromatic N) is 4. The Morgan fingerprint density at radius 1 is 1.32 bits per heavy atom. The molecule has 0 bridgehead atoms. The molecule has 5 nitrogen and oxygen atoms in total. The van der Waals surface area contributed by atoms with Crippen LogP contribution < -0.4 is 0 Å². The lowest BCUT2D eigenvalue weighted by Crippen LogP contribution is -2.08. The number of aromatic amines is 1. The van der Waals surface area contributed by atoms with Gasteiger partial charge in [-0.3, -0.25) is 0 Å². The number of allylic oxidation sites excluding steroid dienone is 1. The summed E-state index contributed by atoms with van der Waals surface area (Å²) < 4.78 is 2.01. The predicted octanol–water partition coefficient (Wildman–Crippen LogP) is 1.65. The van der Waals surface area contributed by atoms with Gasteiger partial charge in [0, 0.05) is 31.9 Å². The molecule has 0 spiro atoms. The first-order chi connectivity index (χ1) is 8.58. The Morgan fingerprint density at radius 3 is 2.68 bits per heavy atom. The number of hydrogen-bond acceptors (Lipinski definition) is 3. The highest BCUT2D eigenvalue weighted by Gasteiger charge is 2.11. The van der Waals surface area contributed by atoms with E-state index in [9.17, 15) is 0 Å². The summed E-state index contributed by atoms with van der Waals surface area (Å²) in [6.45, 7) is 0. The summed E-state index contributed by atoms with van der Waals surface area (Å²) in [5.41, 5.74) is 2.84. The molecule has 0 saturated carbocycles. The minimum atomic E-state index is 0. The van der Waals surface area contributed by atoms with Gasteiger partial charge in [-0.25, -0.2) is 14.5 Å². The highest BCUT2D eigenvalue weighted by Crippen LogP contribution is 2.19. The van der Waals surface area contributed by atoms with Crippen LogP contribution in [0.15, 0.2) is 24.8 Å². The molecule has 2 heterocycles. The largest absolute Gasteiger partial charge is 0.383 e. The molecule has 5 heteroatoms. The topological polar surface area (TPSA) is 47.8 Å². The van der Waals surface area contributed by atoms with Crippen molar-refractivity contribution >= 4 is 22.8 Å². The SMILES string of the molecule is CN(C)/C=C(/C=[N+](C)C)c1ncnc2[nH]ccc12.[CH3-]. The Kier molecular flexibility index (Phi) is 4.80. The molecule has 19 heavy (non-hydrogen) atoms. The second kappa shape index (κ2) is 6.13. The van der Waals surface area contributed by atoms with Crippen molar-refractivity contribution in [2.24, 2.45) is 0 Å². The van der Waals surface area contributed by atoms with Crippen LogP contribution in [0.2, 0.25) is 0 Å². The van der Waals surface area contributed by atoms with E-state index in [1.54, 1.807) is 6.33 Å². The van der Waals surface area contributed by atoms with E-state index >= 15 is 0 Å². The summed E-state index contributed by atoms with van der Waals surface area (Å²) in [7, 11) is 8.00. The van der Waals surface area contributed by atoms with Crippen molar-refractivity contribution in [3.05, 3.63) is 37.9 Å². The summed E-state index contributed by atoms with van der Waals surface area (Å²) in [5.74, 6) is 0. The standard InChI is InChI=1S/C13H18N5.CH3/c1-17(2)7-10(8-18(3)4)12-11-5-6-14-13(11)16-9-15-12;/h5-9H,1-4H3,(H,14,15,16);1H3/q+1;-1. The van der Waals surface area contributed by atoms with Gasteiger partial charge in [0.15, 0.2) is 6.21 Å². The van der Waals surface area contributed by atoms with E-state index in [1.807, 2.05) is 49.9 Å². The fourth-order valence-corrected chi connectivity index (χ4v) is 1.81. The molecule has 1 N–H and O–H groups in total. The van der Waals surface area contributed by atoms with Crippen molar-refractivity contribution in [1.82, 2.24) is 19.9 Å². The summed E-state index contributed by atoms with van der Waals surface area (Å²) in [5, 5.41) is 1.03. The van der Waals surface area contributed by atoms with Crippen LogP contribution in [0.3, 0.4) is 0 Å². The first kappa shape index (κ1) is 14.9. The average Bonchev–Trinajstić information content (AvgIpc) is 2.74. The molecule has 0 unspecified atom stereocenters. The van der Waals surface area contributed by atoms with Gasteiger partial charge in [0.2, 0.25) is 0 Å². The second-order valence-electron chi connectivity index (χ2n) is 4.60. The van der Waals surface area contributed by atoms with Crippen molar-refractivity contribution in [2.45, 2.75) is 0 Å². The van der Waals surface area contributed by atoms with Crippen molar-refractivity contribution in [3.63, 3.8) is 0 Å². The van der Waals surface area contributed by atoms with E-state index in [1.165, 1.54) is 0 Å². The van der Waals surface area contributed by atoms with E-state index in [0.717, 1.165) is 22.3 Å². The van der Waals surface area contributed by atoms with Gasteiger partial charge in [-0.15, -0.1) is 0 Å². The molecule has 0 aliphatic rings. The van der Waals surface area contributed by atoms with E-state index in [-0.39, 0.29) is 7.43 Å². The molecule has 0 aliphatic carbocycles. The second-order valence-corrected chi connectivity index (χ2v) is 4.60. The van der Waals surface area contributed by atoms with Crippen LogP contribution in [-0.4, -0.2) is 58.8 Å². The highest BCUT2D eigenvalue weighted by molar-refractivity contribution is 6.11.